The van der Waals surface area contributed by atoms with E-state index >= 15 is 0 Å². The maximum absolute atomic E-state index is 12.2. The third-order valence-corrected chi connectivity index (χ3v) is 4.09. The number of rotatable bonds is 4. The van der Waals surface area contributed by atoms with Gasteiger partial charge in [-0.05, 0) is 30.5 Å². The molecule has 1 aliphatic heterocycles. The molecule has 128 valence electrons. The fourth-order valence-corrected chi connectivity index (χ4v) is 2.67. The van der Waals surface area contributed by atoms with Gasteiger partial charge in [0.05, 0.1) is 0 Å². The second-order valence-electron chi connectivity index (χ2n) is 6.13. The molecule has 2 rings (SSSR count). The predicted molar refractivity (Wildman–Crippen MR) is 93.5 cm³/mol. The molecule has 0 saturated carbocycles. The van der Waals surface area contributed by atoms with E-state index in [9.17, 15) is 9.59 Å². The molecule has 5 nitrogen and oxygen atoms in total. The molecule has 0 spiro atoms. The van der Waals surface area contributed by atoms with Crippen LogP contribution in [0.2, 0.25) is 0 Å². The lowest BCUT2D eigenvalue weighted by atomic mass is 10.0. The smallest absolute Gasteiger partial charge is 0.251 e. The number of carbonyl (C=O) groups is 2. The summed E-state index contributed by atoms with van der Waals surface area (Å²) >= 11 is 0. The van der Waals surface area contributed by atoms with Crippen molar-refractivity contribution >= 4 is 24.2 Å². The van der Waals surface area contributed by atoms with Crippen molar-refractivity contribution in [2.45, 2.75) is 39.3 Å². The first kappa shape index (κ1) is 19.5. The molecule has 1 aliphatic rings. The van der Waals surface area contributed by atoms with Crippen molar-refractivity contribution < 1.29 is 9.59 Å². The van der Waals surface area contributed by atoms with Gasteiger partial charge in [0.2, 0.25) is 5.91 Å². The number of nitrogens with zero attached hydrogens (tertiary/aromatic N) is 1. The summed E-state index contributed by atoms with van der Waals surface area (Å²) in [4.78, 5) is 26.0. The Balaban J connectivity index is 0.00000264. The molecular formula is C17H26ClN3O2. The number of hydrogen-bond acceptors (Lipinski definition) is 3. The number of carbonyl (C=O) groups excluding carboxylic acids is 2. The van der Waals surface area contributed by atoms with Crippen molar-refractivity contribution in [3.8, 4) is 0 Å². The van der Waals surface area contributed by atoms with Crippen LogP contribution in [0.25, 0.3) is 0 Å². The molecule has 23 heavy (non-hydrogen) atoms. The Labute approximate surface area is 144 Å². The van der Waals surface area contributed by atoms with Gasteiger partial charge in [0.1, 0.15) is 0 Å². The average molecular weight is 340 g/mol. The van der Waals surface area contributed by atoms with Crippen LogP contribution in [-0.4, -0.2) is 35.8 Å². The summed E-state index contributed by atoms with van der Waals surface area (Å²) < 4.78 is 0. The van der Waals surface area contributed by atoms with Gasteiger partial charge in [-0.25, -0.2) is 0 Å². The Hall–Kier alpha value is -1.59. The third-order valence-electron chi connectivity index (χ3n) is 4.09. The summed E-state index contributed by atoms with van der Waals surface area (Å²) in [7, 11) is 0. The number of hydrogen-bond donors (Lipinski definition) is 2. The quantitative estimate of drug-likeness (QED) is 0.880. The van der Waals surface area contributed by atoms with Crippen LogP contribution in [0.1, 0.15) is 42.6 Å². The zero-order valence-electron chi connectivity index (χ0n) is 13.7. The minimum Gasteiger partial charge on any atom is -0.349 e. The maximum Gasteiger partial charge on any atom is 0.251 e. The molecule has 6 heteroatoms. The number of amides is 2. The number of benzene rings is 1. The van der Waals surface area contributed by atoms with E-state index in [4.69, 9.17) is 5.73 Å². The van der Waals surface area contributed by atoms with E-state index in [1.807, 2.05) is 30.9 Å². The minimum absolute atomic E-state index is 0. The normalized spacial score (nSPS) is 15.2. The van der Waals surface area contributed by atoms with E-state index in [2.05, 4.69) is 5.32 Å². The van der Waals surface area contributed by atoms with E-state index < -0.39 is 0 Å². The molecule has 1 saturated heterocycles. The lowest BCUT2D eigenvalue weighted by molar-refractivity contribution is -0.135. The molecule has 0 radical (unpaired) electrons. The number of likely N-dealkylation sites (tertiary alicyclic amines) is 1. The molecule has 3 N–H and O–H groups in total. The molecule has 0 unspecified atom stereocenters. The Morgan fingerprint density at radius 1 is 1.22 bits per heavy atom. The molecule has 1 aromatic carbocycles. The van der Waals surface area contributed by atoms with Gasteiger partial charge in [-0.1, -0.05) is 26.0 Å². The molecule has 0 bridgehead atoms. The van der Waals surface area contributed by atoms with E-state index in [0.29, 0.717) is 25.2 Å². The average Bonchev–Trinajstić information content (AvgIpc) is 2.54. The Bertz CT molecular complexity index is 523. The molecule has 1 heterocycles. The van der Waals surface area contributed by atoms with Crippen LogP contribution in [0.15, 0.2) is 24.3 Å². The van der Waals surface area contributed by atoms with Gasteiger partial charge in [-0.2, -0.15) is 0 Å². The molecule has 0 atom stereocenters. The maximum atomic E-state index is 12.2. The topological polar surface area (TPSA) is 75.4 Å². The van der Waals surface area contributed by atoms with Crippen molar-refractivity contribution in [3.05, 3.63) is 35.4 Å². The summed E-state index contributed by atoms with van der Waals surface area (Å²) in [6, 6.07) is 7.49. The Kier molecular flexibility index (Phi) is 7.52. The first-order chi connectivity index (χ1) is 10.5. The second kappa shape index (κ2) is 8.89. The van der Waals surface area contributed by atoms with Crippen LogP contribution in [0.4, 0.5) is 0 Å². The number of nitrogens with one attached hydrogen (secondary N) is 1. The van der Waals surface area contributed by atoms with E-state index in [0.717, 1.165) is 18.4 Å². The van der Waals surface area contributed by atoms with Gasteiger partial charge in [0.25, 0.3) is 5.91 Å². The fourth-order valence-electron chi connectivity index (χ4n) is 2.67. The predicted octanol–water partition coefficient (Wildman–Crippen LogP) is 1.94. The molecule has 0 aliphatic carbocycles. The molecule has 0 aromatic heterocycles. The van der Waals surface area contributed by atoms with Crippen LogP contribution in [0.3, 0.4) is 0 Å². The lowest BCUT2D eigenvalue weighted by Gasteiger charge is -2.33. The number of piperidine rings is 1. The Morgan fingerprint density at radius 2 is 1.78 bits per heavy atom. The van der Waals surface area contributed by atoms with E-state index in [1.165, 1.54) is 0 Å². The molecule has 1 fully saturated rings. The van der Waals surface area contributed by atoms with E-state index in [-0.39, 0.29) is 36.2 Å². The van der Waals surface area contributed by atoms with Crippen molar-refractivity contribution in [3.63, 3.8) is 0 Å². The zero-order valence-corrected chi connectivity index (χ0v) is 14.6. The monoisotopic (exact) mass is 339 g/mol. The fraction of sp³-hybridized carbons (Fsp3) is 0.529. The van der Waals surface area contributed by atoms with Crippen molar-refractivity contribution in [2.24, 2.45) is 11.7 Å². The van der Waals surface area contributed by atoms with Gasteiger partial charge in [0, 0.05) is 37.2 Å². The van der Waals surface area contributed by atoms with Crippen molar-refractivity contribution in [1.82, 2.24) is 10.2 Å². The summed E-state index contributed by atoms with van der Waals surface area (Å²) in [6.07, 6.45) is 1.62. The first-order valence-corrected chi connectivity index (χ1v) is 7.90. The molecule has 2 amide bonds. The van der Waals surface area contributed by atoms with Crippen LogP contribution >= 0.6 is 12.4 Å². The van der Waals surface area contributed by atoms with Gasteiger partial charge < -0.3 is 16.0 Å². The Morgan fingerprint density at radius 3 is 2.26 bits per heavy atom. The highest BCUT2D eigenvalue weighted by atomic mass is 35.5. The summed E-state index contributed by atoms with van der Waals surface area (Å²) in [6.45, 7) is 5.74. The summed E-state index contributed by atoms with van der Waals surface area (Å²) in [5.41, 5.74) is 7.21. The highest BCUT2D eigenvalue weighted by molar-refractivity contribution is 5.94. The lowest BCUT2D eigenvalue weighted by Crippen LogP contribution is -2.47. The highest BCUT2D eigenvalue weighted by Gasteiger charge is 2.25. The van der Waals surface area contributed by atoms with Gasteiger partial charge in [-0.3, -0.25) is 9.59 Å². The van der Waals surface area contributed by atoms with E-state index in [1.54, 1.807) is 12.1 Å². The SMILES string of the molecule is CC(C)C(=O)N1CCC(NC(=O)c2ccc(CN)cc2)CC1.Cl. The first-order valence-electron chi connectivity index (χ1n) is 7.90. The van der Waals surface area contributed by atoms with Crippen LogP contribution in [0, 0.1) is 5.92 Å². The standard InChI is InChI=1S/C17H25N3O2.ClH/c1-12(2)17(22)20-9-7-15(8-10-20)19-16(21)14-5-3-13(11-18)4-6-14;/h3-6,12,15H,7-11,18H2,1-2H3,(H,19,21);1H. The molecule has 1 aromatic rings. The minimum atomic E-state index is -0.0581. The van der Waals surface area contributed by atoms with Crippen molar-refractivity contribution in [2.75, 3.05) is 13.1 Å². The largest absolute Gasteiger partial charge is 0.349 e. The van der Waals surface area contributed by atoms with Crippen LogP contribution < -0.4 is 11.1 Å². The number of nitrogens with two attached hydrogens (primary N) is 1. The zero-order chi connectivity index (χ0) is 16.1. The summed E-state index contributed by atoms with van der Waals surface area (Å²) in [5.74, 6) is 0.173. The van der Waals surface area contributed by atoms with Gasteiger partial charge in [-0.15, -0.1) is 12.4 Å². The second-order valence-corrected chi connectivity index (χ2v) is 6.13. The van der Waals surface area contributed by atoms with Crippen LogP contribution in [-0.2, 0) is 11.3 Å². The van der Waals surface area contributed by atoms with Gasteiger partial charge >= 0.3 is 0 Å². The van der Waals surface area contributed by atoms with Gasteiger partial charge in [0.15, 0.2) is 0 Å². The van der Waals surface area contributed by atoms with Crippen LogP contribution in [0.5, 0.6) is 0 Å². The summed E-state index contributed by atoms with van der Waals surface area (Å²) in [5, 5.41) is 3.05. The molecular weight excluding hydrogens is 314 g/mol. The van der Waals surface area contributed by atoms with Crippen molar-refractivity contribution in [1.29, 1.82) is 0 Å². The highest BCUT2D eigenvalue weighted by Crippen LogP contribution is 2.14. The number of halogens is 1. The third kappa shape index (κ3) is 5.22.